The van der Waals surface area contributed by atoms with Gasteiger partial charge >= 0.3 is 0 Å². The summed E-state index contributed by atoms with van der Waals surface area (Å²) in [5, 5.41) is 0. The molecule has 0 aromatic heterocycles. The van der Waals surface area contributed by atoms with Crippen LogP contribution < -0.4 is 0 Å². The Bertz CT molecular complexity index is 389. The molecule has 2 rings (SSSR count). The molecule has 1 aliphatic carbocycles. The van der Waals surface area contributed by atoms with Crippen molar-refractivity contribution in [3.05, 3.63) is 54.1 Å². The van der Waals surface area contributed by atoms with E-state index in [1.807, 2.05) is 19.9 Å². The van der Waals surface area contributed by atoms with Gasteiger partial charge in [-0.2, -0.15) is 0 Å². The minimum Gasteiger partial charge on any atom is -0.0985 e. The number of allylic oxidation sites excluding steroid dienone is 3. The molecule has 0 aliphatic heterocycles. The van der Waals surface area contributed by atoms with E-state index in [-0.39, 0.29) is 0 Å². The van der Waals surface area contributed by atoms with Gasteiger partial charge in [0.2, 0.25) is 0 Å². The lowest BCUT2D eigenvalue weighted by Gasteiger charge is -2.22. The average molecular weight is 256 g/mol. The van der Waals surface area contributed by atoms with E-state index in [9.17, 15) is 0 Å². The summed E-state index contributed by atoms with van der Waals surface area (Å²) >= 11 is 0. The summed E-state index contributed by atoms with van der Waals surface area (Å²) in [6.45, 7) is 9.91. The van der Waals surface area contributed by atoms with Crippen LogP contribution in [-0.4, -0.2) is 0 Å². The van der Waals surface area contributed by atoms with Crippen molar-refractivity contribution in [1.29, 1.82) is 0 Å². The molecular weight excluding hydrogens is 228 g/mol. The van der Waals surface area contributed by atoms with Crippen LogP contribution in [0.15, 0.2) is 43.0 Å². The third-order valence-electron chi connectivity index (χ3n) is 3.85. The molecule has 0 spiro atoms. The zero-order chi connectivity index (χ0) is 14.1. The van der Waals surface area contributed by atoms with Crippen molar-refractivity contribution in [2.75, 3.05) is 0 Å². The Morgan fingerprint density at radius 3 is 2.11 bits per heavy atom. The molecule has 104 valence electrons. The van der Waals surface area contributed by atoms with E-state index in [0.717, 1.165) is 5.92 Å². The van der Waals surface area contributed by atoms with Crippen LogP contribution in [0.25, 0.3) is 5.57 Å². The summed E-state index contributed by atoms with van der Waals surface area (Å²) in [5.74, 6) is 0.801. The van der Waals surface area contributed by atoms with Gasteiger partial charge < -0.3 is 0 Å². The molecular formula is C19H28. The first-order chi connectivity index (χ1) is 9.35. The van der Waals surface area contributed by atoms with Crippen LogP contribution in [0.5, 0.6) is 0 Å². The molecule has 0 heterocycles. The summed E-state index contributed by atoms with van der Waals surface area (Å²) < 4.78 is 0. The highest BCUT2D eigenvalue weighted by Gasteiger charge is 2.15. The molecule has 0 heteroatoms. The van der Waals surface area contributed by atoms with E-state index < -0.39 is 0 Å². The van der Waals surface area contributed by atoms with Crippen LogP contribution in [0.1, 0.15) is 69.9 Å². The minimum atomic E-state index is 0.801. The predicted octanol–water partition coefficient (Wildman–Crippen LogP) is 6.35. The van der Waals surface area contributed by atoms with Crippen LogP contribution in [0.2, 0.25) is 0 Å². The number of rotatable bonds is 3. The van der Waals surface area contributed by atoms with E-state index in [2.05, 4.69) is 43.8 Å². The molecule has 19 heavy (non-hydrogen) atoms. The molecule has 0 unspecified atom stereocenters. The van der Waals surface area contributed by atoms with Gasteiger partial charge in [0.25, 0.3) is 0 Å². The topological polar surface area (TPSA) is 0 Å². The van der Waals surface area contributed by atoms with Gasteiger partial charge in [-0.25, -0.2) is 0 Å². The summed E-state index contributed by atoms with van der Waals surface area (Å²) in [7, 11) is 0. The van der Waals surface area contributed by atoms with Crippen molar-refractivity contribution in [3.63, 3.8) is 0 Å². The lowest BCUT2D eigenvalue weighted by Crippen LogP contribution is -2.04. The van der Waals surface area contributed by atoms with E-state index in [1.54, 1.807) is 0 Å². The van der Waals surface area contributed by atoms with Crippen molar-refractivity contribution < 1.29 is 0 Å². The summed E-state index contributed by atoms with van der Waals surface area (Å²) in [6.07, 6.45) is 11.0. The first-order valence-corrected chi connectivity index (χ1v) is 7.74. The second kappa shape index (κ2) is 8.74. The van der Waals surface area contributed by atoms with Gasteiger partial charge in [-0.1, -0.05) is 76.1 Å². The maximum atomic E-state index is 3.85. The molecule has 1 aromatic carbocycles. The fourth-order valence-corrected chi connectivity index (χ4v) is 2.79. The first-order valence-electron chi connectivity index (χ1n) is 7.74. The molecule has 0 nitrogen and oxygen atoms in total. The second-order valence-corrected chi connectivity index (χ2v) is 4.91. The van der Waals surface area contributed by atoms with Crippen LogP contribution in [0.4, 0.5) is 0 Å². The third-order valence-corrected chi connectivity index (χ3v) is 3.85. The van der Waals surface area contributed by atoms with Crippen LogP contribution in [0.3, 0.4) is 0 Å². The van der Waals surface area contributed by atoms with Crippen molar-refractivity contribution in [1.82, 2.24) is 0 Å². The zero-order valence-corrected chi connectivity index (χ0v) is 12.8. The quantitative estimate of drug-likeness (QED) is 0.553. The molecule has 1 saturated carbocycles. The highest BCUT2D eigenvalue weighted by Crippen LogP contribution is 2.33. The van der Waals surface area contributed by atoms with Gasteiger partial charge in [0.05, 0.1) is 0 Å². The Kier molecular flexibility index (Phi) is 7.25. The van der Waals surface area contributed by atoms with E-state index in [1.165, 1.54) is 48.8 Å². The Hall–Kier alpha value is -1.30. The number of benzene rings is 1. The van der Waals surface area contributed by atoms with E-state index in [0.29, 0.717) is 0 Å². The summed E-state index contributed by atoms with van der Waals surface area (Å²) in [6, 6.07) is 9.08. The van der Waals surface area contributed by atoms with Gasteiger partial charge in [-0.05, 0) is 42.4 Å². The second-order valence-electron chi connectivity index (χ2n) is 4.91. The summed E-state index contributed by atoms with van der Waals surface area (Å²) in [4.78, 5) is 0. The van der Waals surface area contributed by atoms with Crippen molar-refractivity contribution in [3.8, 4) is 0 Å². The Morgan fingerprint density at radius 2 is 1.63 bits per heavy atom. The van der Waals surface area contributed by atoms with E-state index >= 15 is 0 Å². The van der Waals surface area contributed by atoms with Gasteiger partial charge in [0, 0.05) is 0 Å². The molecule has 0 amide bonds. The summed E-state index contributed by atoms with van der Waals surface area (Å²) in [5.41, 5.74) is 4.02. The molecule has 1 aliphatic rings. The molecule has 1 fully saturated rings. The van der Waals surface area contributed by atoms with Crippen molar-refractivity contribution in [2.24, 2.45) is 0 Å². The smallest absolute Gasteiger partial charge is 0.0162 e. The lowest BCUT2D eigenvalue weighted by atomic mass is 9.83. The Balaban J connectivity index is 0.000000861. The Morgan fingerprint density at radius 1 is 1.05 bits per heavy atom. The molecule has 0 N–H and O–H groups in total. The largest absolute Gasteiger partial charge is 0.0985 e. The SMILES string of the molecule is C=C/C(=C\C)c1ccc(C2CCCCC2)cc1.CC. The van der Waals surface area contributed by atoms with Crippen LogP contribution in [0, 0.1) is 0 Å². The third kappa shape index (κ3) is 4.38. The van der Waals surface area contributed by atoms with Gasteiger partial charge in [0.1, 0.15) is 0 Å². The molecule has 1 aromatic rings. The van der Waals surface area contributed by atoms with Gasteiger partial charge in [-0.3, -0.25) is 0 Å². The zero-order valence-electron chi connectivity index (χ0n) is 12.8. The van der Waals surface area contributed by atoms with Gasteiger partial charge in [-0.15, -0.1) is 0 Å². The Labute approximate surface area is 119 Å². The highest BCUT2D eigenvalue weighted by atomic mass is 14.2. The maximum Gasteiger partial charge on any atom is -0.0162 e. The van der Waals surface area contributed by atoms with Crippen LogP contribution >= 0.6 is 0 Å². The molecule has 0 atom stereocenters. The number of hydrogen-bond donors (Lipinski definition) is 0. The van der Waals surface area contributed by atoms with Crippen molar-refractivity contribution in [2.45, 2.75) is 58.8 Å². The molecule has 0 bridgehead atoms. The first kappa shape index (κ1) is 15.8. The normalized spacial score (nSPS) is 16.5. The monoisotopic (exact) mass is 256 g/mol. The van der Waals surface area contributed by atoms with Gasteiger partial charge in [0.15, 0.2) is 0 Å². The van der Waals surface area contributed by atoms with Crippen molar-refractivity contribution >= 4 is 5.57 Å². The average Bonchev–Trinajstić information content (AvgIpc) is 2.52. The fraction of sp³-hybridized carbons (Fsp3) is 0.474. The maximum absolute atomic E-state index is 3.85. The standard InChI is InChI=1S/C17H22.C2H6/c1-3-14(4-2)16-10-12-17(13-11-16)15-8-6-5-7-9-15;1-2/h3-4,10-13,15H,1,5-9H2,2H3;1-2H3/b14-4+;. The highest BCUT2D eigenvalue weighted by molar-refractivity contribution is 5.73. The fourth-order valence-electron chi connectivity index (χ4n) is 2.79. The number of hydrogen-bond acceptors (Lipinski definition) is 0. The molecule has 0 radical (unpaired) electrons. The predicted molar refractivity (Wildman–Crippen MR) is 87.5 cm³/mol. The van der Waals surface area contributed by atoms with Crippen LogP contribution in [-0.2, 0) is 0 Å². The lowest BCUT2D eigenvalue weighted by molar-refractivity contribution is 0.443. The minimum absolute atomic E-state index is 0.801. The molecule has 0 saturated heterocycles. The van der Waals surface area contributed by atoms with E-state index in [4.69, 9.17) is 0 Å².